The second kappa shape index (κ2) is 8.07. The van der Waals surface area contributed by atoms with Crippen molar-refractivity contribution in [3.8, 4) is 0 Å². The summed E-state index contributed by atoms with van der Waals surface area (Å²) in [5.74, 6) is -0.467. The van der Waals surface area contributed by atoms with Crippen LogP contribution in [-0.2, 0) is 19.7 Å². The van der Waals surface area contributed by atoms with Crippen LogP contribution >= 0.6 is 0 Å². The zero-order valence-electron chi connectivity index (χ0n) is 12.9. The van der Waals surface area contributed by atoms with Gasteiger partial charge >= 0.3 is 0 Å². The van der Waals surface area contributed by atoms with Gasteiger partial charge in [0.25, 0.3) is 10.2 Å². The summed E-state index contributed by atoms with van der Waals surface area (Å²) in [4.78, 5) is 11.7. The quantitative estimate of drug-likeness (QED) is 0.634. The van der Waals surface area contributed by atoms with Crippen molar-refractivity contribution in [1.82, 2.24) is 9.03 Å². The lowest BCUT2D eigenvalue weighted by molar-refractivity contribution is -0.132. The molecule has 0 aliphatic carbocycles. The zero-order valence-corrected chi connectivity index (χ0v) is 13.7. The van der Waals surface area contributed by atoms with E-state index in [4.69, 9.17) is 10.5 Å². The first-order chi connectivity index (χ1) is 9.88. The van der Waals surface area contributed by atoms with Crippen molar-refractivity contribution in [1.29, 1.82) is 0 Å². The molecule has 0 aromatic heterocycles. The summed E-state index contributed by atoms with van der Waals surface area (Å²) >= 11 is 0. The Balaban J connectivity index is 2.75. The maximum Gasteiger partial charge on any atom is 0.279 e. The second-order valence-electron chi connectivity index (χ2n) is 5.48. The van der Waals surface area contributed by atoms with Crippen molar-refractivity contribution in [3.63, 3.8) is 0 Å². The number of nitrogens with two attached hydrogens (primary N) is 1. The largest absolute Gasteiger partial charge is 0.381 e. The van der Waals surface area contributed by atoms with Crippen LogP contribution in [-0.4, -0.2) is 51.5 Å². The van der Waals surface area contributed by atoms with Crippen molar-refractivity contribution in [2.45, 2.75) is 39.5 Å². The molecule has 0 radical (unpaired) electrons. The van der Waals surface area contributed by atoms with E-state index in [2.05, 4.69) is 4.72 Å². The van der Waals surface area contributed by atoms with Crippen LogP contribution in [0.25, 0.3) is 0 Å². The molecule has 1 heterocycles. The predicted octanol–water partition coefficient (Wildman–Crippen LogP) is 0.225. The summed E-state index contributed by atoms with van der Waals surface area (Å²) in [6.45, 7) is 5.70. The number of rotatable bonds is 9. The van der Waals surface area contributed by atoms with Crippen LogP contribution in [0.5, 0.6) is 0 Å². The summed E-state index contributed by atoms with van der Waals surface area (Å²) < 4.78 is 33.9. The van der Waals surface area contributed by atoms with Crippen LogP contribution in [0.1, 0.15) is 39.5 Å². The minimum atomic E-state index is -3.58. The fourth-order valence-corrected chi connectivity index (χ4v) is 3.93. The molecule has 0 unspecified atom stereocenters. The van der Waals surface area contributed by atoms with E-state index in [1.165, 1.54) is 4.31 Å². The van der Waals surface area contributed by atoms with E-state index in [0.717, 1.165) is 12.8 Å². The van der Waals surface area contributed by atoms with E-state index in [1.54, 1.807) is 0 Å². The highest BCUT2D eigenvalue weighted by Crippen LogP contribution is 2.29. The molecule has 3 N–H and O–H groups in total. The predicted molar refractivity (Wildman–Crippen MR) is 80.8 cm³/mol. The van der Waals surface area contributed by atoms with Crippen LogP contribution in [0, 0.1) is 5.41 Å². The Hall–Kier alpha value is -0.700. The number of ether oxygens (including phenoxy) is 1. The van der Waals surface area contributed by atoms with E-state index >= 15 is 0 Å². The standard InChI is InChI=1S/C13H27N3O4S/c1-3-7-16(8-4-2)21(18,19)15-11-13(12(14)17)5-9-20-10-6-13/h15H,3-11H2,1-2H3,(H2,14,17). The summed E-state index contributed by atoms with van der Waals surface area (Å²) in [7, 11) is -3.58. The molecular weight excluding hydrogens is 294 g/mol. The van der Waals surface area contributed by atoms with E-state index in [-0.39, 0.29) is 6.54 Å². The minimum Gasteiger partial charge on any atom is -0.381 e. The molecule has 0 atom stereocenters. The van der Waals surface area contributed by atoms with Gasteiger partial charge in [-0.25, -0.2) is 4.72 Å². The summed E-state index contributed by atoms with van der Waals surface area (Å²) in [5.41, 5.74) is 4.64. The number of hydrogen-bond acceptors (Lipinski definition) is 4. The van der Waals surface area contributed by atoms with Gasteiger partial charge in [0.2, 0.25) is 5.91 Å². The second-order valence-corrected chi connectivity index (χ2v) is 7.24. The molecule has 0 aromatic rings. The summed E-state index contributed by atoms with van der Waals surface area (Å²) in [5, 5.41) is 0. The summed E-state index contributed by atoms with van der Waals surface area (Å²) in [6, 6.07) is 0. The molecule has 124 valence electrons. The Labute approximate surface area is 127 Å². The SMILES string of the molecule is CCCN(CCC)S(=O)(=O)NCC1(C(N)=O)CCOCC1. The Morgan fingerprint density at radius 1 is 1.24 bits per heavy atom. The topological polar surface area (TPSA) is 102 Å². The van der Waals surface area contributed by atoms with Crippen molar-refractivity contribution in [3.05, 3.63) is 0 Å². The van der Waals surface area contributed by atoms with Crippen molar-refractivity contribution < 1.29 is 17.9 Å². The molecule has 8 heteroatoms. The molecule has 0 saturated carbocycles. The highest BCUT2D eigenvalue weighted by Gasteiger charge is 2.39. The van der Waals surface area contributed by atoms with E-state index in [9.17, 15) is 13.2 Å². The third-order valence-electron chi connectivity index (χ3n) is 3.85. The molecule has 1 rings (SSSR count). The number of carbonyl (C=O) groups is 1. The van der Waals surface area contributed by atoms with Crippen LogP contribution < -0.4 is 10.5 Å². The molecule has 1 amide bonds. The summed E-state index contributed by atoms with van der Waals surface area (Å²) in [6.07, 6.45) is 2.39. The van der Waals surface area contributed by atoms with Crippen LogP contribution in [0.2, 0.25) is 0 Å². The Bertz CT molecular complexity index is 427. The number of nitrogens with one attached hydrogen (secondary N) is 1. The monoisotopic (exact) mass is 321 g/mol. The Kier molecular flexibility index (Phi) is 7.05. The van der Waals surface area contributed by atoms with Gasteiger partial charge in [-0.2, -0.15) is 12.7 Å². The number of amides is 1. The van der Waals surface area contributed by atoms with Gasteiger partial charge in [-0.1, -0.05) is 13.8 Å². The third kappa shape index (κ3) is 4.91. The first-order valence-electron chi connectivity index (χ1n) is 7.50. The van der Waals surface area contributed by atoms with Gasteiger partial charge in [0.05, 0.1) is 5.41 Å². The van der Waals surface area contributed by atoms with Crippen molar-refractivity contribution >= 4 is 16.1 Å². The first-order valence-corrected chi connectivity index (χ1v) is 8.94. The van der Waals surface area contributed by atoms with E-state index in [1.807, 2.05) is 13.8 Å². The van der Waals surface area contributed by atoms with Gasteiger partial charge in [0.15, 0.2) is 0 Å². The maximum atomic E-state index is 12.3. The van der Waals surface area contributed by atoms with Gasteiger partial charge in [-0.3, -0.25) is 4.79 Å². The van der Waals surface area contributed by atoms with E-state index in [0.29, 0.717) is 39.1 Å². The molecule has 0 aromatic carbocycles. The lowest BCUT2D eigenvalue weighted by Crippen LogP contribution is -2.52. The van der Waals surface area contributed by atoms with Crippen LogP contribution in [0.15, 0.2) is 0 Å². The van der Waals surface area contributed by atoms with Gasteiger partial charge in [-0.05, 0) is 25.7 Å². The lowest BCUT2D eigenvalue weighted by Gasteiger charge is -2.34. The van der Waals surface area contributed by atoms with Crippen LogP contribution in [0.4, 0.5) is 0 Å². The normalized spacial score (nSPS) is 18.8. The highest BCUT2D eigenvalue weighted by molar-refractivity contribution is 7.87. The van der Waals surface area contributed by atoms with Gasteiger partial charge in [0.1, 0.15) is 0 Å². The van der Waals surface area contributed by atoms with Gasteiger partial charge < -0.3 is 10.5 Å². The average molecular weight is 321 g/mol. The Morgan fingerprint density at radius 3 is 2.19 bits per heavy atom. The van der Waals surface area contributed by atoms with E-state index < -0.39 is 21.5 Å². The van der Waals surface area contributed by atoms with Crippen molar-refractivity contribution in [2.24, 2.45) is 11.1 Å². The van der Waals surface area contributed by atoms with Gasteiger partial charge in [0, 0.05) is 32.8 Å². The number of primary amides is 1. The molecule has 1 aliphatic rings. The zero-order chi connectivity index (χ0) is 15.9. The fourth-order valence-electron chi connectivity index (χ4n) is 2.44. The fraction of sp³-hybridized carbons (Fsp3) is 0.923. The molecule has 1 aliphatic heterocycles. The third-order valence-corrected chi connectivity index (χ3v) is 5.41. The molecule has 7 nitrogen and oxygen atoms in total. The molecule has 0 bridgehead atoms. The van der Waals surface area contributed by atoms with Crippen LogP contribution in [0.3, 0.4) is 0 Å². The average Bonchev–Trinajstić information content (AvgIpc) is 2.46. The Morgan fingerprint density at radius 2 is 1.76 bits per heavy atom. The number of hydrogen-bond donors (Lipinski definition) is 2. The van der Waals surface area contributed by atoms with Gasteiger partial charge in [-0.15, -0.1) is 0 Å². The maximum absolute atomic E-state index is 12.3. The minimum absolute atomic E-state index is 0.0396. The number of nitrogens with zero attached hydrogens (tertiary/aromatic N) is 1. The molecule has 1 saturated heterocycles. The lowest BCUT2D eigenvalue weighted by atomic mass is 9.80. The smallest absolute Gasteiger partial charge is 0.279 e. The number of carbonyl (C=O) groups excluding carboxylic acids is 1. The molecule has 1 fully saturated rings. The first kappa shape index (κ1) is 18.3. The highest BCUT2D eigenvalue weighted by atomic mass is 32.2. The molecular formula is C13H27N3O4S. The molecule has 21 heavy (non-hydrogen) atoms. The van der Waals surface area contributed by atoms with Crippen molar-refractivity contribution in [2.75, 3.05) is 32.8 Å². The molecule has 0 spiro atoms.